The molecule has 1 rings (SSSR count). The first-order valence-corrected chi connectivity index (χ1v) is 5.42. The number of carbonyl (C=O) groups excluding carboxylic acids is 1. The van der Waals surface area contributed by atoms with Crippen LogP contribution in [0.5, 0.6) is 0 Å². The lowest BCUT2D eigenvalue weighted by Crippen LogP contribution is -2.08. The molecule has 0 aromatic heterocycles. The number of hydrogen-bond acceptors (Lipinski definition) is 3. The molecule has 0 atom stereocenters. The van der Waals surface area contributed by atoms with E-state index in [1.165, 1.54) is 7.11 Å². The van der Waals surface area contributed by atoms with E-state index in [9.17, 15) is 4.79 Å². The molecule has 0 spiro atoms. The smallest absolute Gasteiger partial charge is 0.340 e. The van der Waals surface area contributed by atoms with Crippen LogP contribution in [0.4, 0.5) is 5.69 Å². The van der Waals surface area contributed by atoms with Gasteiger partial charge >= 0.3 is 5.97 Å². The zero-order valence-electron chi connectivity index (χ0n) is 9.40. The van der Waals surface area contributed by atoms with E-state index >= 15 is 0 Å². The molecule has 0 unspecified atom stereocenters. The van der Waals surface area contributed by atoms with Crippen molar-refractivity contribution in [3.05, 3.63) is 28.2 Å². The fourth-order valence-corrected chi connectivity index (χ4v) is 1.42. The summed E-state index contributed by atoms with van der Waals surface area (Å²) in [7, 11) is 5.07. The van der Waals surface area contributed by atoms with Crippen molar-refractivity contribution in [3.8, 4) is 0 Å². The molecule has 0 saturated carbocycles. The van der Waals surface area contributed by atoms with Crippen LogP contribution in [0.2, 0.25) is 0 Å². The van der Waals surface area contributed by atoms with Crippen molar-refractivity contribution in [2.24, 2.45) is 4.99 Å². The molecule has 0 aliphatic carbocycles. The highest BCUT2D eigenvalue weighted by Crippen LogP contribution is 2.24. The molecule has 0 fully saturated rings. The van der Waals surface area contributed by atoms with Crippen LogP contribution in [0.15, 0.2) is 27.7 Å². The number of esters is 1. The van der Waals surface area contributed by atoms with E-state index in [4.69, 9.17) is 0 Å². The molecule has 0 N–H and O–H groups in total. The highest BCUT2D eigenvalue weighted by Gasteiger charge is 2.11. The first kappa shape index (κ1) is 12.7. The van der Waals surface area contributed by atoms with Gasteiger partial charge in [0, 0.05) is 18.6 Å². The average molecular weight is 285 g/mol. The standard InChI is InChI=1S/C11H13BrN2O2/c1-14(2)7-13-10-6-8(12)4-5-9(10)11(15)16-3/h4-7H,1-3H3. The normalized spacial score (nSPS) is 10.5. The maximum absolute atomic E-state index is 11.5. The molecule has 1 aromatic carbocycles. The number of methoxy groups -OCH3 is 1. The number of nitrogens with zero attached hydrogens (tertiary/aromatic N) is 2. The minimum atomic E-state index is -0.390. The van der Waals surface area contributed by atoms with Crippen LogP contribution in [-0.2, 0) is 4.74 Å². The van der Waals surface area contributed by atoms with E-state index in [1.807, 2.05) is 14.1 Å². The fraction of sp³-hybridized carbons (Fsp3) is 0.273. The Morgan fingerprint density at radius 3 is 2.75 bits per heavy atom. The number of rotatable bonds is 3. The van der Waals surface area contributed by atoms with Crippen LogP contribution < -0.4 is 0 Å². The average Bonchev–Trinajstić information content (AvgIpc) is 2.25. The van der Waals surface area contributed by atoms with Gasteiger partial charge in [0.25, 0.3) is 0 Å². The van der Waals surface area contributed by atoms with Gasteiger partial charge in [-0.2, -0.15) is 0 Å². The van der Waals surface area contributed by atoms with Crippen molar-refractivity contribution >= 4 is 33.9 Å². The number of benzene rings is 1. The van der Waals surface area contributed by atoms with Crippen LogP contribution in [0.25, 0.3) is 0 Å². The maximum atomic E-state index is 11.5. The van der Waals surface area contributed by atoms with E-state index in [2.05, 4.69) is 25.7 Å². The summed E-state index contributed by atoms with van der Waals surface area (Å²) in [6.45, 7) is 0. The Bertz CT molecular complexity index is 416. The summed E-state index contributed by atoms with van der Waals surface area (Å²) < 4.78 is 5.55. The van der Waals surface area contributed by atoms with Gasteiger partial charge in [-0.25, -0.2) is 9.79 Å². The molecule has 16 heavy (non-hydrogen) atoms. The minimum Gasteiger partial charge on any atom is -0.465 e. The molecular formula is C11H13BrN2O2. The molecule has 0 heterocycles. The summed E-state index contributed by atoms with van der Waals surface area (Å²) in [6, 6.07) is 5.23. The zero-order chi connectivity index (χ0) is 12.1. The third-order valence-corrected chi connectivity index (χ3v) is 2.29. The SMILES string of the molecule is COC(=O)c1ccc(Br)cc1N=CN(C)C. The highest BCUT2D eigenvalue weighted by atomic mass is 79.9. The molecule has 1 aromatic rings. The molecule has 0 saturated heterocycles. The lowest BCUT2D eigenvalue weighted by atomic mass is 10.2. The van der Waals surface area contributed by atoms with Gasteiger partial charge in [-0.1, -0.05) is 15.9 Å². The molecule has 5 heteroatoms. The molecular weight excluding hydrogens is 272 g/mol. The second-order valence-electron chi connectivity index (χ2n) is 3.36. The third-order valence-electron chi connectivity index (χ3n) is 1.79. The Kier molecular flexibility index (Phi) is 4.49. The number of hydrogen-bond donors (Lipinski definition) is 0. The van der Waals surface area contributed by atoms with Gasteiger partial charge in [-0.05, 0) is 18.2 Å². The molecule has 0 radical (unpaired) electrons. The predicted octanol–water partition coefficient (Wildman–Crippen LogP) is 2.46. The van der Waals surface area contributed by atoms with Gasteiger partial charge in [0.1, 0.15) is 0 Å². The largest absolute Gasteiger partial charge is 0.465 e. The highest BCUT2D eigenvalue weighted by molar-refractivity contribution is 9.10. The Labute approximate surface area is 103 Å². The first-order valence-electron chi connectivity index (χ1n) is 4.63. The Morgan fingerprint density at radius 2 is 2.19 bits per heavy atom. The second kappa shape index (κ2) is 5.65. The van der Waals surface area contributed by atoms with Crippen LogP contribution in [0.3, 0.4) is 0 Å². The van der Waals surface area contributed by atoms with Gasteiger partial charge in [0.15, 0.2) is 0 Å². The third kappa shape index (κ3) is 3.34. The molecule has 0 aliphatic rings. The predicted molar refractivity (Wildman–Crippen MR) is 67.3 cm³/mol. The van der Waals surface area contributed by atoms with Gasteiger partial charge in [0.2, 0.25) is 0 Å². The number of aliphatic imine (C=N–C) groups is 1. The summed E-state index contributed by atoms with van der Waals surface area (Å²) in [4.78, 5) is 17.5. The van der Waals surface area contributed by atoms with Crippen molar-refractivity contribution in [1.82, 2.24) is 4.90 Å². The molecule has 4 nitrogen and oxygen atoms in total. The van der Waals surface area contributed by atoms with Gasteiger partial charge in [0.05, 0.1) is 24.7 Å². The van der Waals surface area contributed by atoms with E-state index in [1.54, 1.807) is 29.4 Å². The van der Waals surface area contributed by atoms with E-state index in [0.717, 1.165) is 4.47 Å². The number of carbonyl (C=O) groups is 1. The van der Waals surface area contributed by atoms with E-state index < -0.39 is 5.97 Å². The van der Waals surface area contributed by atoms with Gasteiger partial charge < -0.3 is 9.64 Å². The molecule has 86 valence electrons. The Morgan fingerprint density at radius 1 is 1.50 bits per heavy atom. The minimum absolute atomic E-state index is 0.390. The van der Waals surface area contributed by atoms with Crippen molar-refractivity contribution in [2.75, 3.05) is 21.2 Å². The van der Waals surface area contributed by atoms with Crippen LogP contribution >= 0.6 is 15.9 Å². The summed E-state index contributed by atoms with van der Waals surface area (Å²) >= 11 is 3.33. The quantitative estimate of drug-likeness (QED) is 0.486. The van der Waals surface area contributed by atoms with E-state index in [-0.39, 0.29) is 0 Å². The lowest BCUT2D eigenvalue weighted by molar-refractivity contribution is 0.0601. The molecule has 0 aliphatic heterocycles. The van der Waals surface area contributed by atoms with Gasteiger partial charge in [-0.15, -0.1) is 0 Å². The summed E-state index contributed by atoms with van der Waals surface area (Å²) in [5, 5.41) is 0. The number of ether oxygens (including phenoxy) is 1. The summed E-state index contributed by atoms with van der Waals surface area (Å²) in [6.07, 6.45) is 1.63. The monoisotopic (exact) mass is 284 g/mol. The molecule has 0 bridgehead atoms. The van der Waals surface area contributed by atoms with Crippen molar-refractivity contribution in [2.45, 2.75) is 0 Å². The van der Waals surface area contributed by atoms with Crippen molar-refractivity contribution in [3.63, 3.8) is 0 Å². The van der Waals surface area contributed by atoms with Crippen LogP contribution in [0.1, 0.15) is 10.4 Å². The lowest BCUT2D eigenvalue weighted by Gasteiger charge is -2.06. The summed E-state index contributed by atoms with van der Waals surface area (Å²) in [5.41, 5.74) is 1.03. The number of halogens is 1. The van der Waals surface area contributed by atoms with Crippen molar-refractivity contribution in [1.29, 1.82) is 0 Å². The fourth-order valence-electron chi connectivity index (χ4n) is 1.07. The van der Waals surface area contributed by atoms with E-state index in [0.29, 0.717) is 11.3 Å². The topological polar surface area (TPSA) is 41.9 Å². The Hall–Kier alpha value is -1.36. The van der Waals surface area contributed by atoms with Crippen LogP contribution in [-0.4, -0.2) is 38.4 Å². The van der Waals surface area contributed by atoms with Crippen LogP contribution in [0, 0.1) is 0 Å². The molecule has 0 amide bonds. The maximum Gasteiger partial charge on any atom is 0.340 e. The summed E-state index contributed by atoms with van der Waals surface area (Å²) in [5.74, 6) is -0.390. The second-order valence-corrected chi connectivity index (χ2v) is 4.28. The van der Waals surface area contributed by atoms with Gasteiger partial charge in [-0.3, -0.25) is 0 Å². The first-order chi connectivity index (χ1) is 7.54. The van der Waals surface area contributed by atoms with Crippen molar-refractivity contribution < 1.29 is 9.53 Å². The Balaban J connectivity index is 3.13. The zero-order valence-corrected chi connectivity index (χ0v) is 11.0.